The Morgan fingerprint density at radius 3 is 1.42 bits per heavy atom. The summed E-state index contributed by atoms with van der Waals surface area (Å²) in [7, 11) is -6.82. The maximum absolute atomic E-state index is 12.7. The Kier molecular flexibility index (Phi) is 19.0. The lowest BCUT2D eigenvalue weighted by atomic mass is 10.2. The third kappa shape index (κ3) is 13.1. The van der Waals surface area contributed by atoms with Crippen LogP contribution in [0.25, 0.3) is 5.69 Å². The number of benzene rings is 1. The number of anilines is 1. The molecule has 30 heteroatoms. The molecule has 1 heterocycles. The minimum absolute atomic E-state index is 0.433. The molecule has 2 aromatic rings. The van der Waals surface area contributed by atoms with Crippen LogP contribution in [0.5, 0.6) is 0 Å². The van der Waals surface area contributed by atoms with Crippen molar-refractivity contribution in [3.63, 3.8) is 0 Å². The van der Waals surface area contributed by atoms with E-state index in [1.54, 1.807) is 0 Å². The molecule has 3 atom stereocenters. The maximum Gasteiger partial charge on any atom is 0.476 e. The number of nitrogens with zero attached hydrogens (tertiary/aromatic N) is 3. The quantitative estimate of drug-likeness (QED) is 0.130. The van der Waals surface area contributed by atoms with Gasteiger partial charge in [-0.05, 0) is 12.1 Å². The summed E-state index contributed by atoms with van der Waals surface area (Å²) < 4.78 is 124. The first kappa shape index (κ1) is 50.0. The molecule has 0 radical (unpaired) electrons. The van der Waals surface area contributed by atoms with E-state index >= 15 is 0 Å². The van der Waals surface area contributed by atoms with E-state index in [9.17, 15) is 49.9 Å². The van der Waals surface area contributed by atoms with Gasteiger partial charge in [0, 0.05) is 28.4 Å². The predicted molar refractivity (Wildman–Crippen MR) is 176 cm³/mol. The number of nitrogen functional groups attached to an aromatic ring is 1. The van der Waals surface area contributed by atoms with Crippen LogP contribution in [0.15, 0.2) is 17.0 Å². The van der Waals surface area contributed by atoms with Crippen LogP contribution in [0.3, 0.4) is 0 Å². The minimum Gasteiger partial charge on any atom is -0.383 e. The summed E-state index contributed by atoms with van der Waals surface area (Å²) >= 11 is 43.1. The van der Waals surface area contributed by atoms with Gasteiger partial charge in [-0.3, -0.25) is 9.13 Å². The largest absolute Gasteiger partial charge is 0.476 e. The molecule has 4 N–H and O–H groups in total. The molecule has 0 saturated heterocycles. The molecule has 0 saturated carbocycles. The Hall–Kier alpha value is -0.0100. The van der Waals surface area contributed by atoms with E-state index in [-0.39, 0.29) is 0 Å². The Labute approximate surface area is 321 Å². The molecule has 0 aliphatic rings. The molecule has 2 rings (SSSR count). The number of hydrogen-bond donors (Lipinski definition) is 3. The highest BCUT2D eigenvalue weighted by atomic mass is 35.6. The van der Waals surface area contributed by atoms with E-state index in [4.69, 9.17) is 104 Å². The molecule has 13 nitrogen and oxygen atoms in total. The Bertz CT molecular complexity index is 1570. The van der Waals surface area contributed by atoms with Crippen molar-refractivity contribution in [3.8, 4) is 11.8 Å². The lowest BCUT2D eigenvalue weighted by molar-refractivity contribution is -0.137. The summed E-state index contributed by atoms with van der Waals surface area (Å²) in [6, 6.07) is 2.19. The van der Waals surface area contributed by atoms with Crippen molar-refractivity contribution < 1.29 is 68.0 Å². The van der Waals surface area contributed by atoms with Crippen molar-refractivity contribution in [2.24, 2.45) is 0 Å². The second-order valence-electron chi connectivity index (χ2n) is 8.23. The molecule has 0 spiro atoms. The molecule has 0 bridgehead atoms. The maximum atomic E-state index is 12.7. The third-order valence-electron chi connectivity index (χ3n) is 5.14. The zero-order valence-corrected chi connectivity index (χ0v) is 33.2. The number of aliphatic hydroxyl groups is 2. The van der Waals surface area contributed by atoms with Gasteiger partial charge < -0.3 is 34.0 Å². The van der Waals surface area contributed by atoms with Crippen LogP contribution >= 0.6 is 108 Å². The zero-order valence-electron chi connectivity index (χ0n) is 24.6. The van der Waals surface area contributed by atoms with Gasteiger partial charge in [0.2, 0.25) is 19.3 Å². The van der Waals surface area contributed by atoms with Gasteiger partial charge in [0.1, 0.15) is 22.5 Å². The van der Waals surface area contributed by atoms with Crippen molar-refractivity contribution >= 4 is 125 Å². The fourth-order valence-electron chi connectivity index (χ4n) is 2.80. The van der Waals surface area contributed by atoms with Crippen molar-refractivity contribution in [3.05, 3.63) is 33.4 Å². The van der Waals surface area contributed by atoms with Gasteiger partial charge in [0.05, 0.1) is 15.6 Å². The number of hydrogen-bond acceptors (Lipinski definition) is 12. The summed E-state index contributed by atoms with van der Waals surface area (Å²) in [6.45, 7) is 0. The Morgan fingerprint density at radius 1 is 0.860 bits per heavy atom. The van der Waals surface area contributed by atoms with E-state index in [1.807, 2.05) is 0 Å². The third-order valence-corrected chi connectivity index (χ3v) is 13.1. The molecule has 0 amide bonds. The number of halogens is 14. The van der Waals surface area contributed by atoms with Gasteiger partial charge in [-0.1, -0.05) is 92.8 Å². The van der Waals surface area contributed by atoms with Gasteiger partial charge in [-0.15, -0.1) is 0 Å². The molecular formula is C20H20Cl8F6N4O9P2S. The summed E-state index contributed by atoms with van der Waals surface area (Å²) in [5.74, 6) is -4.50. The highest BCUT2D eigenvalue weighted by Gasteiger charge is 2.48. The fourth-order valence-corrected chi connectivity index (χ4v) is 8.18. The van der Waals surface area contributed by atoms with Crippen LogP contribution in [-0.2, 0) is 44.2 Å². The standard InChI is InChI=1S/C12H4Cl2F6N4OS.2C4H8Cl3O4P/c13-5-1-4(11(15,16)17)2-6(14)8(5)24-10(22)9(7(3-21)23-24)26(25)12(18,19)20;2*1-10-12(9,11-2)3(8)4(5,6)7/h1-2H,22H2;2*3,8H,1-2H3. The van der Waals surface area contributed by atoms with E-state index < -0.39 is 94.7 Å². The first-order valence-corrected chi connectivity index (χ1v) is 19.0. The van der Waals surface area contributed by atoms with E-state index in [1.165, 1.54) is 6.07 Å². The first-order chi connectivity index (χ1) is 22.3. The topological polar surface area (TPSA) is 196 Å². The normalized spacial score (nSPS) is 14.8. The van der Waals surface area contributed by atoms with Crippen LogP contribution in [0.4, 0.5) is 32.2 Å². The summed E-state index contributed by atoms with van der Waals surface area (Å²) in [5, 5.41) is 29.4. The number of alkyl halides is 12. The molecule has 288 valence electrons. The highest BCUT2D eigenvalue weighted by molar-refractivity contribution is 7.86. The van der Waals surface area contributed by atoms with Gasteiger partial charge in [0.15, 0.2) is 16.5 Å². The SMILES string of the molecule is COP(=O)(OC)C(O)C(Cl)(Cl)Cl.COP(=O)(OC)C(O)C(Cl)(Cl)Cl.N#Cc1nn(-c2c(Cl)cc(C(F)(F)F)cc2Cl)c(N)c1S(=O)C(F)(F)F. The summed E-state index contributed by atoms with van der Waals surface area (Å²) in [5.41, 5.74) is -2.42. The van der Waals surface area contributed by atoms with E-state index in [0.29, 0.717) is 16.8 Å². The second-order valence-corrected chi connectivity index (χ2v) is 19.8. The number of aromatic nitrogens is 2. The van der Waals surface area contributed by atoms with Gasteiger partial charge in [-0.2, -0.15) is 36.7 Å². The second kappa shape index (κ2) is 19.0. The molecule has 1 aromatic heterocycles. The fraction of sp³-hybridized carbons (Fsp3) is 0.500. The van der Waals surface area contributed by atoms with E-state index in [2.05, 4.69) is 23.2 Å². The van der Waals surface area contributed by atoms with Crippen molar-refractivity contribution in [2.75, 3.05) is 34.2 Å². The number of rotatable bonds is 8. The number of aliphatic hydroxyl groups excluding tert-OH is 2. The molecule has 0 fully saturated rings. The van der Waals surface area contributed by atoms with Crippen LogP contribution < -0.4 is 5.73 Å². The van der Waals surface area contributed by atoms with Gasteiger partial charge >= 0.3 is 26.9 Å². The predicted octanol–water partition coefficient (Wildman–Crippen LogP) is 8.60. The van der Waals surface area contributed by atoms with E-state index in [0.717, 1.165) is 28.4 Å². The van der Waals surface area contributed by atoms with Crippen LogP contribution in [-0.4, -0.2) is 77.4 Å². The van der Waals surface area contributed by atoms with Crippen molar-refractivity contribution in [1.29, 1.82) is 5.26 Å². The molecule has 0 aliphatic carbocycles. The molecular weight excluding hydrogens is 932 g/mol. The monoisotopic (exact) mass is 948 g/mol. The number of nitrogens with two attached hydrogens (primary N) is 1. The van der Waals surface area contributed by atoms with Gasteiger partial charge in [-0.25, -0.2) is 8.89 Å². The lowest BCUT2D eigenvalue weighted by Gasteiger charge is -2.24. The molecule has 50 heavy (non-hydrogen) atoms. The summed E-state index contributed by atoms with van der Waals surface area (Å²) in [4.78, 5) is -1.15. The number of nitriles is 1. The minimum atomic E-state index is -5.25. The zero-order chi connectivity index (χ0) is 40.0. The van der Waals surface area contributed by atoms with Crippen LogP contribution in [0.2, 0.25) is 10.0 Å². The Balaban J connectivity index is 0.000000835. The first-order valence-electron chi connectivity index (χ1n) is 11.6. The average Bonchev–Trinajstić information content (AvgIpc) is 3.32. The van der Waals surface area contributed by atoms with Gasteiger partial charge in [0.25, 0.3) is 0 Å². The molecule has 1 aromatic carbocycles. The van der Waals surface area contributed by atoms with Crippen molar-refractivity contribution in [2.45, 2.75) is 35.9 Å². The van der Waals surface area contributed by atoms with Crippen LogP contribution in [0, 0.1) is 11.3 Å². The molecule has 3 unspecified atom stereocenters. The van der Waals surface area contributed by atoms with Crippen molar-refractivity contribution in [1.82, 2.24) is 9.78 Å². The summed E-state index contributed by atoms with van der Waals surface area (Å²) in [6.07, 6.45) is -4.79. The smallest absolute Gasteiger partial charge is 0.383 e. The highest BCUT2D eigenvalue weighted by Crippen LogP contribution is 2.58. The Morgan fingerprint density at radius 2 is 1.20 bits per heavy atom. The lowest BCUT2D eigenvalue weighted by Crippen LogP contribution is -2.26. The molecule has 0 aliphatic heterocycles. The van der Waals surface area contributed by atoms with Crippen LogP contribution in [0.1, 0.15) is 11.3 Å². The average molecular weight is 952 g/mol.